The lowest BCUT2D eigenvalue weighted by Gasteiger charge is -2.15. The molecule has 5 rings (SSSR count). The molecule has 1 N–H and O–H groups in total. The number of aryl methyl sites for hydroxylation is 3. The van der Waals surface area contributed by atoms with E-state index in [1.165, 1.54) is 11.8 Å². The third kappa shape index (κ3) is 3.50. The van der Waals surface area contributed by atoms with Crippen LogP contribution in [0.25, 0.3) is 16.7 Å². The molecule has 0 radical (unpaired) electrons. The summed E-state index contributed by atoms with van der Waals surface area (Å²) in [6.07, 6.45) is 1.78. The monoisotopic (exact) mass is 445 g/mol. The van der Waals surface area contributed by atoms with Gasteiger partial charge in [0.05, 0.1) is 17.9 Å². The molecule has 2 aromatic heterocycles. The summed E-state index contributed by atoms with van der Waals surface area (Å²) in [7, 11) is 0. The summed E-state index contributed by atoms with van der Waals surface area (Å²) in [5, 5.41) is 8.52. The molecule has 1 aliphatic rings. The Morgan fingerprint density at radius 2 is 1.97 bits per heavy atom. The fourth-order valence-electron chi connectivity index (χ4n) is 4.04. The molecule has 4 aromatic rings. The first-order valence-electron chi connectivity index (χ1n) is 10.5. The molecule has 1 amide bonds. The Morgan fingerprint density at radius 1 is 1.16 bits per heavy atom. The SMILES string of the molecule is Cc1ccc(C)c(NC(=O)CC2CSc3nc4c(cnn4-c4ccccc4C)c(=O)n32)c1. The van der Waals surface area contributed by atoms with Crippen molar-refractivity contribution in [1.29, 1.82) is 0 Å². The molecule has 0 fully saturated rings. The van der Waals surface area contributed by atoms with E-state index in [0.29, 0.717) is 21.9 Å². The highest BCUT2D eigenvalue weighted by Gasteiger charge is 2.29. The van der Waals surface area contributed by atoms with Crippen LogP contribution in [-0.2, 0) is 4.79 Å². The number of carbonyl (C=O) groups is 1. The van der Waals surface area contributed by atoms with Crippen LogP contribution in [0.4, 0.5) is 5.69 Å². The molecule has 1 unspecified atom stereocenters. The van der Waals surface area contributed by atoms with E-state index in [0.717, 1.165) is 28.1 Å². The second-order valence-corrected chi connectivity index (χ2v) is 9.17. The Labute approximate surface area is 189 Å². The van der Waals surface area contributed by atoms with Crippen LogP contribution in [0, 0.1) is 20.8 Å². The zero-order valence-electron chi connectivity index (χ0n) is 18.1. The van der Waals surface area contributed by atoms with Gasteiger partial charge in [-0.25, -0.2) is 9.67 Å². The number of hydrogen-bond acceptors (Lipinski definition) is 5. The lowest BCUT2D eigenvalue weighted by Crippen LogP contribution is -2.28. The lowest BCUT2D eigenvalue weighted by molar-refractivity contribution is -0.116. The number of anilines is 1. The molecular formula is C24H23N5O2S. The van der Waals surface area contributed by atoms with Gasteiger partial charge in [-0.2, -0.15) is 5.10 Å². The van der Waals surface area contributed by atoms with Crippen LogP contribution in [0.1, 0.15) is 29.2 Å². The number of nitrogens with zero attached hydrogens (tertiary/aromatic N) is 4. The Bertz CT molecular complexity index is 1420. The van der Waals surface area contributed by atoms with Crippen molar-refractivity contribution in [2.45, 2.75) is 38.4 Å². The maximum absolute atomic E-state index is 13.3. The second-order valence-electron chi connectivity index (χ2n) is 8.19. The predicted molar refractivity (Wildman–Crippen MR) is 127 cm³/mol. The average Bonchev–Trinajstić information content (AvgIpc) is 3.36. The zero-order chi connectivity index (χ0) is 22.4. The van der Waals surface area contributed by atoms with E-state index >= 15 is 0 Å². The standard InChI is InChI=1S/C24H23N5O2S/c1-14-8-9-15(2)19(10-14)26-21(30)11-17-13-32-24-27-22-18(23(31)28(17)24)12-25-29(22)20-7-5-4-6-16(20)3/h4-10,12,17H,11,13H2,1-3H3,(H,26,30). The highest BCUT2D eigenvalue weighted by Crippen LogP contribution is 2.34. The molecule has 0 spiro atoms. The van der Waals surface area contributed by atoms with Crippen molar-refractivity contribution in [3.8, 4) is 5.69 Å². The molecule has 3 heterocycles. The molecule has 0 saturated carbocycles. The van der Waals surface area contributed by atoms with Gasteiger partial charge >= 0.3 is 0 Å². The van der Waals surface area contributed by atoms with Crippen LogP contribution in [0.15, 0.2) is 58.6 Å². The number of para-hydroxylation sites is 1. The summed E-state index contributed by atoms with van der Waals surface area (Å²) in [5.41, 5.74) is 5.24. The van der Waals surface area contributed by atoms with E-state index in [4.69, 9.17) is 4.98 Å². The van der Waals surface area contributed by atoms with Crippen LogP contribution in [0.2, 0.25) is 0 Å². The maximum Gasteiger partial charge on any atom is 0.265 e. The minimum Gasteiger partial charge on any atom is -0.326 e. The molecule has 8 heteroatoms. The number of fused-ring (bicyclic) bond motifs is 2. The van der Waals surface area contributed by atoms with Gasteiger partial charge < -0.3 is 5.32 Å². The first-order chi connectivity index (χ1) is 15.4. The van der Waals surface area contributed by atoms with Gasteiger partial charge in [0.1, 0.15) is 5.39 Å². The molecule has 0 saturated heterocycles. The summed E-state index contributed by atoms with van der Waals surface area (Å²) < 4.78 is 3.37. The van der Waals surface area contributed by atoms with E-state index in [9.17, 15) is 9.59 Å². The van der Waals surface area contributed by atoms with E-state index in [1.54, 1.807) is 15.4 Å². The van der Waals surface area contributed by atoms with Gasteiger partial charge in [0.25, 0.3) is 5.56 Å². The first-order valence-corrected chi connectivity index (χ1v) is 11.5. The number of nitrogens with one attached hydrogen (secondary N) is 1. The molecule has 7 nitrogen and oxygen atoms in total. The van der Waals surface area contributed by atoms with Gasteiger partial charge in [-0.3, -0.25) is 14.2 Å². The summed E-state index contributed by atoms with van der Waals surface area (Å²) in [5.74, 6) is 0.520. The molecule has 0 bridgehead atoms. The third-order valence-electron chi connectivity index (χ3n) is 5.80. The van der Waals surface area contributed by atoms with Crippen LogP contribution in [0.3, 0.4) is 0 Å². The van der Waals surface area contributed by atoms with Crippen molar-refractivity contribution in [3.05, 3.63) is 75.7 Å². The zero-order valence-corrected chi connectivity index (χ0v) is 18.9. The average molecular weight is 446 g/mol. The molecule has 0 aliphatic carbocycles. The van der Waals surface area contributed by atoms with Gasteiger partial charge in [0, 0.05) is 17.9 Å². The van der Waals surface area contributed by atoms with Gasteiger partial charge in [0.15, 0.2) is 10.8 Å². The number of hydrogen-bond donors (Lipinski definition) is 1. The summed E-state index contributed by atoms with van der Waals surface area (Å²) in [4.78, 5) is 30.9. The van der Waals surface area contributed by atoms with Gasteiger partial charge in [-0.1, -0.05) is 42.1 Å². The fourth-order valence-corrected chi connectivity index (χ4v) is 5.17. The summed E-state index contributed by atoms with van der Waals surface area (Å²) in [6, 6.07) is 13.6. The first kappa shape index (κ1) is 20.5. The molecule has 32 heavy (non-hydrogen) atoms. The van der Waals surface area contributed by atoms with Crippen LogP contribution < -0.4 is 10.9 Å². The lowest BCUT2D eigenvalue weighted by atomic mass is 10.1. The number of thioether (sulfide) groups is 1. The number of amides is 1. The van der Waals surface area contributed by atoms with Crippen LogP contribution in [-0.4, -0.2) is 31.0 Å². The second kappa shape index (κ2) is 7.94. The van der Waals surface area contributed by atoms with Crippen LogP contribution >= 0.6 is 11.8 Å². The van der Waals surface area contributed by atoms with Crippen molar-refractivity contribution in [3.63, 3.8) is 0 Å². The highest BCUT2D eigenvalue weighted by molar-refractivity contribution is 7.99. The van der Waals surface area contributed by atoms with Crippen LogP contribution in [0.5, 0.6) is 0 Å². The van der Waals surface area contributed by atoms with Crippen molar-refractivity contribution in [1.82, 2.24) is 19.3 Å². The van der Waals surface area contributed by atoms with E-state index in [1.807, 2.05) is 63.2 Å². The van der Waals surface area contributed by atoms with Crippen molar-refractivity contribution in [2.75, 3.05) is 11.1 Å². The van der Waals surface area contributed by atoms with Gasteiger partial charge in [0.2, 0.25) is 5.91 Å². The Balaban J connectivity index is 1.46. The molecule has 2 aromatic carbocycles. The summed E-state index contributed by atoms with van der Waals surface area (Å²) in [6.45, 7) is 5.96. The minimum absolute atomic E-state index is 0.111. The predicted octanol–water partition coefficient (Wildman–Crippen LogP) is 4.18. The molecule has 1 atom stereocenters. The number of benzene rings is 2. The maximum atomic E-state index is 13.3. The van der Waals surface area contributed by atoms with E-state index < -0.39 is 0 Å². The minimum atomic E-state index is -0.244. The van der Waals surface area contributed by atoms with Gasteiger partial charge in [-0.05, 0) is 49.6 Å². The van der Waals surface area contributed by atoms with Crippen molar-refractivity contribution >= 4 is 34.4 Å². The molecular weight excluding hydrogens is 422 g/mol. The largest absolute Gasteiger partial charge is 0.326 e. The number of carbonyl (C=O) groups excluding carboxylic acids is 1. The molecule has 1 aliphatic heterocycles. The quantitative estimate of drug-likeness (QED) is 0.477. The highest BCUT2D eigenvalue weighted by atomic mass is 32.2. The number of aromatic nitrogens is 4. The number of rotatable bonds is 4. The fraction of sp³-hybridized carbons (Fsp3) is 0.250. The smallest absolute Gasteiger partial charge is 0.265 e. The topological polar surface area (TPSA) is 81.8 Å². The third-order valence-corrected chi connectivity index (χ3v) is 6.90. The molecule has 162 valence electrons. The Morgan fingerprint density at radius 3 is 2.78 bits per heavy atom. The van der Waals surface area contributed by atoms with Gasteiger partial charge in [-0.15, -0.1) is 0 Å². The normalized spacial score (nSPS) is 15.2. The van der Waals surface area contributed by atoms with Crippen molar-refractivity contribution < 1.29 is 4.79 Å². The van der Waals surface area contributed by atoms with Crippen molar-refractivity contribution in [2.24, 2.45) is 0 Å². The summed E-state index contributed by atoms with van der Waals surface area (Å²) >= 11 is 1.50. The van der Waals surface area contributed by atoms with E-state index in [-0.39, 0.29) is 23.9 Å². The van der Waals surface area contributed by atoms with E-state index in [2.05, 4.69) is 10.4 Å². The Hall–Kier alpha value is -3.39. The Kier molecular flexibility index (Phi) is 5.09.